The molecule has 0 aromatic heterocycles. The number of benzene rings is 2. The number of carbonyl (C=O) groups is 3. The maximum Gasteiger partial charge on any atom is 1.00 e. The SMILES string of the molecule is ClCC#CCCl.O=C1CCc2ccc(O)cc2N1.O=C1CCc2ccc(OCC#CCCl)cc2N1.O=CO[O-].[H-].[K+].[K+]. The average molecular weight is 676 g/mol. The number of halogens is 3. The van der Waals surface area contributed by atoms with Crippen molar-refractivity contribution in [2.75, 3.05) is 34.9 Å². The third-order valence-electron chi connectivity index (χ3n) is 4.77. The van der Waals surface area contributed by atoms with Crippen LogP contribution < -0.4 is 123 Å². The summed E-state index contributed by atoms with van der Waals surface area (Å²) in [5, 5.41) is 23.1. The number of hydrogen-bond acceptors (Lipinski definition) is 7. The van der Waals surface area contributed by atoms with Crippen molar-refractivity contribution in [2.24, 2.45) is 0 Å². The number of alkyl halides is 3. The van der Waals surface area contributed by atoms with E-state index in [2.05, 4.69) is 39.2 Å². The predicted molar refractivity (Wildman–Crippen MR) is 150 cm³/mol. The molecule has 0 saturated heterocycles. The van der Waals surface area contributed by atoms with Crippen LogP contribution in [0.25, 0.3) is 0 Å². The number of ether oxygens (including phenoxy) is 1. The molecule has 2 aromatic rings. The monoisotopic (exact) mass is 674 g/mol. The van der Waals surface area contributed by atoms with Gasteiger partial charge >= 0.3 is 103 Å². The number of anilines is 2. The zero-order valence-corrected chi connectivity index (χ0v) is 31.2. The molecule has 0 spiro atoms. The second kappa shape index (κ2) is 27.2. The molecule has 9 nitrogen and oxygen atoms in total. The van der Waals surface area contributed by atoms with Crippen LogP contribution in [0.4, 0.5) is 11.4 Å². The first-order valence-corrected chi connectivity index (χ1v) is 13.0. The molecule has 2 aliphatic rings. The third-order valence-corrected chi connectivity index (χ3v) is 5.17. The fourth-order valence-corrected chi connectivity index (χ4v) is 3.40. The molecule has 3 N–H and O–H groups in total. The van der Waals surface area contributed by atoms with E-state index in [-0.39, 0.29) is 128 Å². The van der Waals surface area contributed by atoms with Crippen LogP contribution in [0.5, 0.6) is 11.5 Å². The molecule has 2 amide bonds. The largest absolute Gasteiger partial charge is 1.00 e. The fourth-order valence-electron chi connectivity index (χ4n) is 3.11. The summed E-state index contributed by atoms with van der Waals surface area (Å²) in [6, 6.07) is 10.7. The molecule has 2 aromatic carbocycles. The Bertz CT molecular complexity index is 1230. The molecule has 210 valence electrons. The zero-order valence-electron chi connectivity index (χ0n) is 23.7. The molecule has 4 rings (SSSR count). The average Bonchev–Trinajstić information content (AvgIpc) is 2.94. The van der Waals surface area contributed by atoms with Crippen LogP contribution >= 0.6 is 34.8 Å². The van der Waals surface area contributed by atoms with Gasteiger partial charge in [-0.2, -0.15) is 0 Å². The molecular weight excluding hydrogens is 649 g/mol. The Hall–Kier alpha value is -0.327. The first-order valence-electron chi connectivity index (χ1n) is 11.4. The zero-order chi connectivity index (χ0) is 28.9. The summed E-state index contributed by atoms with van der Waals surface area (Å²) < 4.78 is 5.43. The summed E-state index contributed by atoms with van der Waals surface area (Å²) in [5.74, 6) is 12.7. The topological polar surface area (TPSA) is 137 Å². The van der Waals surface area contributed by atoms with Crippen molar-refractivity contribution < 1.29 is 139 Å². The van der Waals surface area contributed by atoms with Crippen LogP contribution in [0.2, 0.25) is 0 Å². The van der Waals surface area contributed by atoms with E-state index in [4.69, 9.17) is 54.7 Å². The van der Waals surface area contributed by atoms with Crippen molar-refractivity contribution in [2.45, 2.75) is 25.7 Å². The Morgan fingerprint density at radius 1 is 0.829 bits per heavy atom. The summed E-state index contributed by atoms with van der Waals surface area (Å²) >= 11 is 15.7. The number of amides is 2. The Morgan fingerprint density at radius 2 is 1.29 bits per heavy atom. The number of nitrogens with one attached hydrogen (secondary N) is 2. The normalized spacial score (nSPS) is 11.3. The number of carbonyl (C=O) groups excluding carboxylic acids is 3. The van der Waals surface area contributed by atoms with Gasteiger partial charge in [-0.15, -0.1) is 34.8 Å². The fraction of sp³-hybridized carbons (Fsp3) is 0.296. The van der Waals surface area contributed by atoms with Crippen molar-refractivity contribution in [3.8, 4) is 35.2 Å². The minimum Gasteiger partial charge on any atom is -1.00 e. The van der Waals surface area contributed by atoms with E-state index in [0.717, 1.165) is 35.3 Å². The first kappa shape index (κ1) is 42.8. The predicted octanol–water partition coefficient (Wildman–Crippen LogP) is -2.51. The molecule has 0 bridgehead atoms. The van der Waals surface area contributed by atoms with Gasteiger partial charge in [0.2, 0.25) is 11.8 Å². The van der Waals surface area contributed by atoms with Gasteiger partial charge in [0.05, 0.1) is 17.6 Å². The van der Waals surface area contributed by atoms with Crippen LogP contribution in [-0.4, -0.2) is 47.6 Å². The third kappa shape index (κ3) is 19.5. The molecule has 2 aliphatic heterocycles. The van der Waals surface area contributed by atoms with Crippen molar-refractivity contribution in [3.63, 3.8) is 0 Å². The van der Waals surface area contributed by atoms with Crippen LogP contribution in [0, 0.1) is 23.7 Å². The molecule has 0 unspecified atom stereocenters. The number of aromatic hydroxyl groups is 1. The minimum absolute atomic E-state index is 0. The molecule has 0 atom stereocenters. The van der Waals surface area contributed by atoms with Crippen LogP contribution in [0.15, 0.2) is 36.4 Å². The van der Waals surface area contributed by atoms with Gasteiger partial charge in [-0.1, -0.05) is 35.8 Å². The standard InChI is InChI=1S/C13H12ClNO2.C9H9NO2.C4H4Cl2.CH2O3.2K.H/c14-7-1-2-8-17-11-5-3-10-4-6-13(16)15-12(10)9-11;11-7-3-1-6-2-4-9(12)10-8(6)5-7;5-3-1-2-4-6;2-1-4-3;;;/h3,5,9H,4,6-8H2,(H,15,16);1,3,5,11H,2,4H2,(H,10,12);3-4H2;1,3H;;;/q;;;;2*+1;-1/p-1. The van der Waals surface area contributed by atoms with E-state index in [9.17, 15) is 9.59 Å². The van der Waals surface area contributed by atoms with E-state index < -0.39 is 0 Å². The van der Waals surface area contributed by atoms with Crippen LogP contribution in [0.3, 0.4) is 0 Å². The van der Waals surface area contributed by atoms with E-state index in [1.54, 1.807) is 12.1 Å². The van der Waals surface area contributed by atoms with E-state index in [1.165, 1.54) is 0 Å². The van der Waals surface area contributed by atoms with Gasteiger partial charge < -0.3 is 32.0 Å². The second-order valence-corrected chi connectivity index (χ2v) is 8.15. The minimum atomic E-state index is -0.181. The number of fused-ring (bicyclic) bond motifs is 2. The number of phenolic OH excluding ortho intramolecular Hbond substituents is 1. The van der Waals surface area contributed by atoms with Gasteiger partial charge in [-0.25, -0.2) is 0 Å². The van der Waals surface area contributed by atoms with Crippen molar-refractivity contribution in [3.05, 3.63) is 47.5 Å². The van der Waals surface area contributed by atoms with E-state index in [1.807, 2.05) is 24.3 Å². The second-order valence-electron chi connectivity index (χ2n) is 7.35. The Labute approximate surface area is 341 Å². The van der Waals surface area contributed by atoms with Crippen molar-refractivity contribution in [1.29, 1.82) is 0 Å². The van der Waals surface area contributed by atoms with Crippen molar-refractivity contribution in [1.82, 2.24) is 0 Å². The first-order chi connectivity index (χ1) is 18.9. The number of aryl methyl sites for hydroxylation is 2. The maximum absolute atomic E-state index is 11.2. The van der Waals surface area contributed by atoms with Gasteiger partial charge in [-0.05, 0) is 36.1 Å². The van der Waals surface area contributed by atoms with E-state index in [0.29, 0.717) is 42.8 Å². The molecule has 2 heterocycles. The maximum atomic E-state index is 11.2. The molecular formula is C27H27Cl3K2N2O7. The van der Waals surface area contributed by atoms with Gasteiger partial charge in [0, 0.05) is 36.3 Å². The number of phenols is 1. The Morgan fingerprint density at radius 3 is 1.78 bits per heavy atom. The molecule has 41 heavy (non-hydrogen) atoms. The number of hydrogen-bond donors (Lipinski definition) is 3. The molecule has 0 aliphatic carbocycles. The number of rotatable bonds is 3. The summed E-state index contributed by atoms with van der Waals surface area (Å²) in [5.41, 5.74) is 3.81. The molecule has 0 radical (unpaired) electrons. The Balaban J connectivity index is -0.000000535. The van der Waals surface area contributed by atoms with Crippen LogP contribution in [0.1, 0.15) is 25.4 Å². The summed E-state index contributed by atoms with van der Waals surface area (Å²) in [4.78, 5) is 33.4. The smallest absolute Gasteiger partial charge is 1.00 e. The van der Waals surface area contributed by atoms with E-state index >= 15 is 0 Å². The molecule has 0 saturated carbocycles. The van der Waals surface area contributed by atoms with Crippen LogP contribution in [-0.2, 0) is 32.1 Å². The molecule has 0 fully saturated rings. The quantitative estimate of drug-likeness (QED) is 0.0817. The van der Waals surface area contributed by atoms with Gasteiger partial charge in [0.1, 0.15) is 18.1 Å². The van der Waals surface area contributed by atoms with Gasteiger partial charge in [0.25, 0.3) is 6.47 Å². The van der Waals surface area contributed by atoms with Crippen molar-refractivity contribution >= 4 is 64.5 Å². The summed E-state index contributed by atoms with van der Waals surface area (Å²) in [6.07, 6.45) is 2.64. The van der Waals surface area contributed by atoms with Gasteiger partial charge in [-0.3, -0.25) is 14.4 Å². The van der Waals surface area contributed by atoms with Gasteiger partial charge in [0.15, 0.2) is 0 Å². The summed E-state index contributed by atoms with van der Waals surface area (Å²) in [6.45, 7) is 0.124. The summed E-state index contributed by atoms with van der Waals surface area (Å²) in [7, 11) is 0. The Kier molecular flexibility index (Phi) is 28.4. The molecule has 14 heteroatoms.